The highest BCUT2D eigenvalue weighted by molar-refractivity contribution is 7.17. The number of thiazole rings is 1. The summed E-state index contributed by atoms with van der Waals surface area (Å²) < 4.78 is 0. The van der Waals surface area contributed by atoms with Gasteiger partial charge in [-0.2, -0.15) is 0 Å². The maximum absolute atomic E-state index is 10.7. The molecular formula is C11H16N2OS. The van der Waals surface area contributed by atoms with Crippen molar-refractivity contribution in [3.05, 3.63) is 10.6 Å². The van der Waals surface area contributed by atoms with Crippen molar-refractivity contribution in [1.82, 2.24) is 4.98 Å². The number of hydrogen-bond donors (Lipinski definition) is 0. The Labute approximate surface area is 94.1 Å². The van der Waals surface area contributed by atoms with Crippen LogP contribution in [0.5, 0.6) is 0 Å². The van der Waals surface area contributed by atoms with Gasteiger partial charge in [0.15, 0.2) is 11.4 Å². The molecule has 0 radical (unpaired) electrons. The zero-order chi connectivity index (χ0) is 10.8. The summed E-state index contributed by atoms with van der Waals surface area (Å²) in [7, 11) is 2.06. The minimum atomic E-state index is 0.755. The first-order chi connectivity index (χ1) is 7.20. The van der Waals surface area contributed by atoms with Crippen LogP contribution < -0.4 is 4.90 Å². The van der Waals surface area contributed by atoms with Gasteiger partial charge in [-0.15, -0.1) is 0 Å². The zero-order valence-electron chi connectivity index (χ0n) is 9.19. The Balaban J connectivity index is 2.03. The molecule has 0 spiro atoms. The van der Waals surface area contributed by atoms with Crippen molar-refractivity contribution in [1.29, 1.82) is 0 Å². The normalized spacial score (nSPS) is 16.1. The predicted molar refractivity (Wildman–Crippen MR) is 62.8 cm³/mol. The lowest BCUT2D eigenvalue weighted by molar-refractivity contribution is 0.112. The van der Waals surface area contributed by atoms with Crippen LogP contribution in [0, 0.1) is 12.8 Å². The van der Waals surface area contributed by atoms with Crippen LogP contribution in [-0.2, 0) is 0 Å². The van der Waals surface area contributed by atoms with E-state index in [1.165, 1.54) is 30.6 Å². The van der Waals surface area contributed by atoms with Gasteiger partial charge in [-0.3, -0.25) is 4.79 Å². The van der Waals surface area contributed by atoms with E-state index in [1.54, 1.807) is 0 Å². The molecule has 0 saturated heterocycles. The Morgan fingerprint density at radius 3 is 2.80 bits per heavy atom. The summed E-state index contributed by atoms with van der Waals surface area (Å²) in [5.41, 5.74) is 0.852. The molecule has 1 aromatic heterocycles. The molecule has 0 amide bonds. The minimum absolute atomic E-state index is 0.755. The second-order valence-electron chi connectivity index (χ2n) is 4.24. The van der Waals surface area contributed by atoms with Gasteiger partial charge in [-0.05, 0) is 25.7 Å². The SMILES string of the molecule is Cc1nc(N(C)CC2CCC2)sc1C=O. The maximum Gasteiger partial charge on any atom is 0.185 e. The fraction of sp³-hybridized carbons (Fsp3) is 0.636. The summed E-state index contributed by atoms with van der Waals surface area (Å²) in [5, 5.41) is 0.974. The van der Waals surface area contributed by atoms with Crippen LogP contribution >= 0.6 is 11.3 Å². The molecule has 1 fully saturated rings. The van der Waals surface area contributed by atoms with Crippen molar-refractivity contribution in [3.8, 4) is 0 Å². The topological polar surface area (TPSA) is 33.2 Å². The summed E-state index contributed by atoms with van der Waals surface area (Å²) in [6.07, 6.45) is 4.95. The first-order valence-electron chi connectivity index (χ1n) is 5.34. The monoisotopic (exact) mass is 224 g/mol. The van der Waals surface area contributed by atoms with E-state index in [0.717, 1.165) is 34.5 Å². The minimum Gasteiger partial charge on any atom is -0.351 e. The van der Waals surface area contributed by atoms with Crippen LogP contribution in [0.2, 0.25) is 0 Å². The number of nitrogens with zero attached hydrogens (tertiary/aromatic N) is 2. The van der Waals surface area contributed by atoms with E-state index in [9.17, 15) is 4.79 Å². The van der Waals surface area contributed by atoms with Crippen LogP contribution in [0.25, 0.3) is 0 Å². The van der Waals surface area contributed by atoms with Crippen molar-refractivity contribution in [3.63, 3.8) is 0 Å². The third-order valence-electron chi connectivity index (χ3n) is 3.01. The van der Waals surface area contributed by atoms with Crippen molar-refractivity contribution in [2.24, 2.45) is 5.92 Å². The number of aldehydes is 1. The average Bonchev–Trinajstić information content (AvgIpc) is 2.53. The van der Waals surface area contributed by atoms with Crippen molar-refractivity contribution in [2.45, 2.75) is 26.2 Å². The molecule has 3 nitrogen and oxygen atoms in total. The van der Waals surface area contributed by atoms with E-state index in [2.05, 4.69) is 16.9 Å². The van der Waals surface area contributed by atoms with Crippen molar-refractivity contribution >= 4 is 22.8 Å². The van der Waals surface area contributed by atoms with Gasteiger partial charge < -0.3 is 4.90 Å². The van der Waals surface area contributed by atoms with Gasteiger partial charge in [0.25, 0.3) is 0 Å². The molecule has 1 aliphatic carbocycles. The fourth-order valence-electron chi connectivity index (χ4n) is 1.81. The summed E-state index contributed by atoms with van der Waals surface area (Å²) in [4.78, 5) is 18.0. The molecule has 1 heterocycles. The molecular weight excluding hydrogens is 208 g/mol. The summed E-state index contributed by atoms with van der Waals surface area (Å²) in [5.74, 6) is 0.832. The number of carbonyl (C=O) groups excluding carboxylic acids is 1. The van der Waals surface area contributed by atoms with E-state index in [1.807, 2.05) is 6.92 Å². The van der Waals surface area contributed by atoms with Gasteiger partial charge in [-0.1, -0.05) is 17.8 Å². The lowest BCUT2D eigenvalue weighted by atomic mass is 9.85. The molecule has 1 saturated carbocycles. The Bertz CT molecular complexity index is 357. The van der Waals surface area contributed by atoms with Crippen molar-refractivity contribution in [2.75, 3.05) is 18.5 Å². The van der Waals surface area contributed by atoms with Crippen LogP contribution in [0.1, 0.15) is 34.6 Å². The fourth-order valence-corrected chi connectivity index (χ4v) is 2.66. The van der Waals surface area contributed by atoms with Crippen LogP contribution in [0.15, 0.2) is 0 Å². The van der Waals surface area contributed by atoms with E-state index >= 15 is 0 Å². The zero-order valence-corrected chi connectivity index (χ0v) is 10.0. The lowest BCUT2D eigenvalue weighted by Gasteiger charge is -2.29. The molecule has 82 valence electrons. The first kappa shape index (κ1) is 10.6. The average molecular weight is 224 g/mol. The molecule has 0 unspecified atom stereocenters. The molecule has 15 heavy (non-hydrogen) atoms. The Kier molecular flexibility index (Phi) is 3.05. The smallest absolute Gasteiger partial charge is 0.185 e. The van der Waals surface area contributed by atoms with Gasteiger partial charge in [0.1, 0.15) is 0 Å². The standard InChI is InChI=1S/C11H16N2OS/c1-8-10(7-14)15-11(12-8)13(2)6-9-4-3-5-9/h7,9H,3-6H2,1-2H3. The second-order valence-corrected chi connectivity index (χ2v) is 5.25. The van der Waals surface area contributed by atoms with E-state index in [0.29, 0.717) is 0 Å². The van der Waals surface area contributed by atoms with Gasteiger partial charge in [-0.25, -0.2) is 4.98 Å². The highest BCUT2D eigenvalue weighted by Crippen LogP contribution is 2.30. The maximum atomic E-state index is 10.7. The number of hydrogen-bond acceptors (Lipinski definition) is 4. The molecule has 1 aliphatic rings. The van der Waals surface area contributed by atoms with Gasteiger partial charge in [0, 0.05) is 13.6 Å². The Morgan fingerprint density at radius 1 is 1.60 bits per heavy atom. The number of rotatable bonds is 4. The molecule has 0 aliphatic heterocycles. The quantitative estimate of drug-likeness (QED) is 0.737. The number of anilines is 1. The molecule has 4 heteroatoms. The summed E-state index contributed by atoms with van der Waals surface area (Å²) in [6.45, 7) is 2.96. The molecule has 2 rings (SSSR count). The van der Waals surface area contributed by atoms with Gasteiger partial charge in [0.2, 0.25) is 0 Å². The van der Waals surface area contributed by atoms with Crippen LogP contribution in [-0.4, -0.2) is 24.9 Å². The van der Waals surface area contributed by atoms with E-state index in [-0.39, 0.29) is 0 Å². The Morgan fingerprint density at radius 2 is 2.33 bits per heavy atom. The van der Waals surface area contributed by atoms with Crippen LogP contribution in [0.3, 0.4) is 0 Å². The third-order valence-corrected chi connectivity index (χ3v) is 4.21. The molecule has 0 aromatic carbocycles. The predicted octanol–water partition coefficient (Wildman–Crippen LogP) is 2.50. The molecule has 0 N–H and O–H groups in total. The largest absolute Gasteiger partial charge is 0.351 e. The summed E-state index contributed by atoms with van der Waals surface area (Å²) in [6, 6.07) is 0. The molecule has 0 bridgehead atoms. The summed E-state index contributed by atoms with van der Waals surface area (Å²) >= 11 is 1.49. The number of aryl methyl sites for hydroxylation is 1. The van der Waals surface area contributed by atoms with Crippen molar-refractivity contribution < 1.29 is 4.79 Å². The third kappa shape index (κ3) is 2.20. The highest BCUT2D eigenvalue weighted by Gasteiger charge is 2.20. The van der Waals surface area contributed by atoms with E-state index < -0.39 is 0 Å². The van der Waals surface area contributed by atoms with Crippen LogP contribution in [0.4, 0.5) is 5.13 Å². The van der Waals surface area contributed by atoms with Gasteiger partial charge >= 0.3 is 0 Å². The number of aromatic nitrogens is 1. The number of carbonyl (C=O) groups is 1. The lowest BCUT2D eigenvalue weighted by Crippen LogP contribution is -2.29. The van der Waals surface area contributed by atoms with E-state index in [4.69, 9.17) is 0 Å². The van der Waals surface area contributed by atoms with Gasteiger partial charge in [0.05, 0.1) is 10.6 Å². The molecule has 1 aromatic rings. The first-order valence-corrected chi connectivity index (χ1v) is 6.16. The highest BCUT2D eigenvalue weighted by atomic mass is 32.1. The second kappa shape index (κ2) is 4.31. The molecule has 0 atom stereocenters. The Hall–Kier alpha value is -0.900.